The van der Waals surface area contributed by atoms with Crippen molar-refractivity contribution in [3.8, 4) is 0 Å². The van der Waals surface area contributed by atoms with Crippen LogP contribution in [0.2, 0.25) is 0 Å². The second-order valence-electron chi connectivity index (χ2n) is 6.62. The second kappa shape index (κ2) is 11.7. The summed E-state index contributed by atoms with van der Waals surface area (Å²) in [5.74, 6) is 2.74. The van der Waals surface area contributed by atoms with Gasteiger partial charge in [-0.15, -0.1) is 24.0 Å². The zero-order chi connectivity index (χ0) is 19.8. The predicted octanol–water partition coefficient (Wildman–Crippen LogP) is 2.23. The summed E-state index contributed by atoms with van der Waals surface area (Å²) in [5, 5.41) is 3.46. The van der Waals surface area contributed by atoms with Crippen LogP contribution in [0.5, 0.6) is 0 Å². The van der Waals surface area contributed by atoms with Gasteiger partial charge in [-0.25, -0.2) is 15.0 Å². The molecule has 0 atom stereocenters. The third-order valence-electron chi connectivity index (χ3n) is 4.97. The molecule has 8 nitrogen and oxygen atoms in total. The van der Waals surface area contributed by atoms with Crippen LogP contribution < -0.4 is 15.1 Å². The van der Waals surface area contributed by atoms with E-state index in [1.807, 2.05) is 19.3 Å². The number of rotatable bonds is 6. The highest BCUT2D eigenvalue weighted by Gasteiger charge is 2.21. The maximum atomic E-state index is 4.59. The monoisotopic (exact) mass is 510 g/mol. The van der Waals surface area contributed by atoms with Gasteiger partial charge in [0, 0.05) is 71.5 Å². The SMILES string of the molecule is CCN(CC)c1ccc(CNC(=NC)N2CCN(c3ncccn3)CC2)cn1.I. The van der Waals surface area contributed by atoms with Crippen LogP contribution in [0.3, 0.4) is 0 Å². The lowest BCUT2D eigenvalue weighted by Crippen LogP contribution is -2.52. The molecule has 158 valence electrons. The maximum Gasteiger partial charge on any atom is 0.225 e. The number of pyridine rings is 1. The van der Waals surface area contributed by atoms with E-state index in [1.54, 1.807) is 12.4 Å². The third kappa shape index (κ3) is 6.15. The number of hydrogen-bond acceptors (Lipinski definition) is 6. The van der Waals surface area contributed by atoms with Crippen molar-refractivity contribution in [2.24, 2.45) is 4.99 Å². The molecule has 2 aromatic heterocycles. The summed E-state index contributed by atoms with van der Waals surface area (Å²) in [6, 6.07) is 6.06. The largest absolute Gasteiger partial charge is 0.357 e. The molecule has 0 bridgehead atoms. The summed E-state index contributed by atoms with van der Waals surface area (Å²) in [7, 11) is 1.83. The lowest BCUT2D eigenvalue weighted by atomic mass is 10.2. The van der Waals surface area contributed by atoms with E-state index in [9.17, 15) is 0 Å². The zero-order valence-corrected chi connectivity index (χ0v) is 19.8. The summed E-state index contributed by atoms with van der Waals surface area (Å²) in [4.78, 5) is 24.4. The molecule has 1 saturated heterocycles. The first-order chi connectivity index (χ1) is 13.7. The van der Waals surface area contributed by atoms with E-state index < -0.39 is 0 Å². The highest BCUT2D eigenvalue weighted by molar-refractivity contribution is 14.0. The Kier molecular flexibility index (Phi) is 9.36. The van der Waals surface area contributed by atoms with Gasteiger partial charge < -0.3 is 20.0 Å². The summed E-state index contributed by atoms with van der Waals surface area (Å²) >= 11 is 0. The van der Waals surface area contributed by atoms with Gasteiger partial charge in [-0.3, -0.25) is 4.99 Å². The van der Waals surface area contributed by atoms with Gasteiger partial charge in [0.1, 0.15) is 5.82 Å². The van der Waals surface area contributed by atoms with Gasteiger partial charge >= 0.3 is 0 Å². The summed E-state index contributed by atoms with van der Waals surface area (Å²) < 4.78 is 0. The van der Waals surface area contributed by atoms with Crippen LogP contribution >= 0.6 is 24.0 Å². The zero-order valence-electron chi connectivity index (χ0n) is 17.5. The number of aliphatic imine (C=N–C) groups is 1. The number of anilines is 2. The molecule has 9 heteroatoms. The lowest BCUT2D eigenvalue weighted by molar-refractivity contribution is 0.370. The molecule has 1 aliphatic rings. The lowest BCUT2D eigenvalue weighted by Gasteiger charge is -2.36. The number of nitrogens with zero attached hydrogens (tertiary/aromatic N) is 7. The van der Waals surface area contributed by atoms with Crippen molar-refractivity contribution in [1.82, 2.24) is 25.2 Å². The standard InChI is InChI=1S/C20H30N8.HI/c1-4-26(5-2)18-8-7-17(15-24-18)16-25-19(21-3)27-11-13-28(14-12-27)20-22-9-6-10-23-20;/h6-10,15H,4-5,11-14,16H2,1-3H3,(H,21,25);1H. The fourth-order valence-electron chi connectivity index (χ4n) is 3.34. The van der Waals surface area contributed by atoms with Gasteiger partial charge in [0.25, 0.3) is 0 Å². The summed E-state index contributed by atoms with van der Waals surface area (Å²) in [6.07, 6.45) is 5.52. The van der Waals surface area contributed by atoms with E-state index in [0.717, 1.165) is 62.6 Å². The third-order valence-corrected chi connectivity index (χ3v) is 4.97. The van der Waals surface area contributed by atoms with Crippen molar-refractivity contribution >= 4 is 41.7 Å². The van der Waals surface area contributed by atoms with Crippen LogP contribution in [0, 0.1) is 0 Å². The van der Waals surface area contributed by atoms with Gasteiger partial charge in [0.2, 0.25) is 5.95 Å². The highest BCUT2D eigenvalue weighted by Crippen LogP contribution is 2.12. The molecule has 1 fully saturated rings. The minimum atomic E-state index is 0. The Hall–Kier alpha value is -2.17. The minimum absolute atomic E-state index is 0. The number of piperazine rings is 1. The first kappa shape index (κ1) is 23.1. The molecule has 0 amide bonds. The van der Waals surface area contributed by atoms with Gasteiger partial charge in [-0.05, 0) is 31.5 Å². The fourth-order valence-corrected chi connectivity index (χ4v) is 3.34. The maximum absolute atomic E-state index is 4.59. The number of hydrogen-bond donors (Lipinski definition) is 1. The normalized spacial score (nSPS) is 14.4. The van der Waals surface area contributed by atoms with Crippen molar-refractivity contribution in [3.63, 3.8) is 0 Å². The van der Waals surface area contributed by atoms with Crippen LogP contribution in [-0.4, -0.2) is 72.1 Å². The van der Waals surface area contributed by atoms with E-state index >= 15 is 0 Å². The Balaban J connectivity index is 0.00000300. The molecule has 1 N–H and O–H groups in total. The molecule has 0 aromatic carbocycles. The Morgan fingerprint density at radius 3 is 2.31 bits per heavy atom. The molecule has 3 heterocycles. The first-order valence-electron chi connectivity index (χ1n) is 9.92. The van der Waals surface area contributed by atoms with Crippen molar-refractivity contribution in [1.29, 1.82) is 0 Å². The average Bonchev–Trinajstić information content (AvgIpc) is 2.77. The van der Waals surface area contributed by atoms with Crippen molar-refractivity contribution < 1.29 is 0 Å². The summed E-state index contributed by atoms with van der Waals surface area (Å²) in [5.41, 5.74) is 1.15. The quantitative estimate of drug-likeness (QED) is 0.363. The number of guanidine groups is 1. The molecule has 0 spiro atoms. The molecule has 29 heavy (non-hydrogen) atoms. The van der Waals surface area contributed by atoms with Crippen LogP contribution in [0.4, 0.5) is 11.8 Å². The Morgan fingerprint density at radius 1 is 1.07 bits per heavy atom. The van der Waals surface area contributed by atoms with E-state index in [0.29, 0.717) is 6.54 Å². The molecule has 0 aliphatic carbocycles. The van der Waals surface area contributed by atoms with Crippen molar-refractivity contribution in [2.45, 2.75) is 20.4 Å². The predicted molar refractivity (Wildman–Crippen MR) is 129 cm³/mol. The molecule has 0 saturated carbocycles. The number of aromatic nitrogens is 3. The summed E-state index contributed by atoms with van der Waals surface area (Å²) in [6.45, 7) is 10.5. The Labute approximate surface area is 190 Å². The van der Waals surface area contributed by atoms with Crippen LogP contribution in [0.15, 0.2) is 41.8 Å². The molecular weight excluding hydrogens is 479 g/mol. The van der Waals surface area contributed by atoms with Crippen LogP contribution in [0.25, 0.3) is 0 Å². The van der Waals surface area contributed by atoms with Gasteiger partial charge in [0.05, 0.1) is 0 Å². The van der Waals surface area contributed by atoms with E-state index in [1.165, 1.54) is 0 Å². The smallest absolute Gasteiger partial charge is 0.225 e. The van der Waals surface area contributed by atoms with E-state index in [2.05, 4.69) is 65.9 Å². The Bertz CT molecular complexity index is 741. The first-order valence-corrected chi connectivity index (χ1v) is 9.92. The van der Waals surface area contributed by atoms with E-state index in [4.69, 9.17) is 0 Å². The second-order valence-corrected chi connectivity index (χ2v) is 6.62. The van der Waals surface area contributed by atoms with E-state index in [-0.39, 0.29) is 24.0 Å². The molecule has 0 unspecified atom stereocenters. The molecule has 0 radical (unpaired) electrons. The fraction of sp³-hybridized carbons (Fsp3) is 0.500. The van der Waals surface area contributed by atoms with Crippen molar-refractivity contribution in [2.75, 3.05) is 56.1 Å². The Morgan fingerprint density at radius 2 is 1.76 bits per heavy atom. The van der Waals surface area contributed by atoms with Gasteiger partial charge in [-0.2, -0.15) is 0 Å². The molecule has 2 aromatic rings. The van der Waals surface area contributed by atoms with Crippen molar-refractivity contribution in [3.05, 3.63) is 42.4 Å². The average molecular weight is 510 g/mol. The van der Waals surface area contributed by atoms with Gasteiger partial charge in [0.15, 0.2) is 5.96 Å². The molecular formula is C20H31IN8. The number of halogens is 1. The minimum Gasteiger partial charge on any atom is -0.357 e. The van der Waals surface area contributed by atoms with Gasteiger partial charge in [-0.1, -0.05) is 6.07 Å². The van der Waals surface area contributed by atoms with Crippen LogP contribution in [-0.2, 0) is 6.54 Å². The molecule has 3 rings (SSSR count). The molecule has 1 aliphatic heterocycles. The van der Waals surface area contributed by atoms with Crippen LogP contribution in [0.1, 0.15) is 19.4 Å². The topological polar surface area (TPSA) is 72.8 Å². The number of nitrogens with one attached hydrogen (secondary N) is 1. The highest BCUT2D eigenvalue weighted by atomic mass is 127.